The highest BCUT2D eigenvalue weighted by Gasteiger charge is 2.34. The molecule has 1 saturated heterocycles. The molecule has 1 heterocycles. The summed E-state index contributed by atoms with van der Waals surface area (Å²) < 4.78 is 40.6. The minimum atomic E-state index is -3.95. The second-order valence-electron chi connectivity index (χ2n) is 6.08. The van der Waals surface area contributed by atoms with Gasteiger partial charge in [-0.25, -0.2) is 0 Å². The zero-order chi connectivity index (χ0) is 21.9. The van der Waals surface area contributed by atoms with Crippen LogP contribution in [0.1, 0.15) is 12.5 Å². The normalized spacial score (nSPS) is 17.1. The first kappa shape index (κ1) is 22.4. The molecular weight excluding hydrogens is 492 g/mol. The van der Waals surface area contributed by atoms with Gasteiger partial charge in [-0.3, -0.25) is 9.69 Å². The first-order valence-corrected chi connectivity index (χ1v) is 11.9. The molecule has 0 unspecified atom stereocenters. The van der Waals surface area contributed by atoms with Gasteiger partial charge in [-0.05, 0) is 66.7 Å². The van der Waals surface area contributed by atoms with Crippen LogP contribution in [0.15, 0.2) is 61.1 Å². The van der Waals surface area contributed by atoms with Crippen LogP contribution in [0, 0.1) is 0 Å². The van der Waals surface area contributed by atoms with E-state index >= 15 is 0 Å². The van der Waals surface area contributed by atoms with Crippen molar-refractivity contribution in [3.8, 4) is 11.5 Å². The Kier molecular flexibility index (Phi) is 6.89. The lowest BCUT2D eigenvalue weighted by Crippen LogP contribution is -2.29. The van der Waals surface area contributed by atoms with Gasteiger partial charge < -0.3 is 9.47 Å². The second-order valence-corrected chi connectivity index (χ2v) is 9.61. The van der Waals surface area contributed by atoms with E-state index in [4.69, 9.17) is 9.47 Å². The third-order valence-corrected chi connectivity index (χ3v) is 7.15. The van der Waals surface area contributed by atoms with Gasteiger partial charge in [0.25, 0.3) is 15.9 Å². The van der Waals surface area contributed by atoms with E-state index < -0.39 is 10.0 Å². The highest BCUT2D eigenvalue weighted by atomic mass is 79.9. The largest absolute Gasteiger partial charge is 0.493 e. The van der Waals surface area contributed by atoms with Crippen molar-refractivity contribution in [2.24, 2.45) is 4.40 Å². The van der Waals surface area contributed by atoms with Gasteiger partial charge in [-0.1, -0.05) is 22.0 Å². The molecule has 0 saturated carbocycles. The summed E-state index contributed by atoms with van der Waals surface area (Å²) >= 11 is 4.30. The summed E-state index contributed by atoms with van der Waals surface area (Å²) in [6, 6.07) is 11.4. The molecule has 0 aromatic heterocycles. The molecular formula is C20H19BrN2O5S2. The molecule has 1 aliphatic rings. The Labute approximate surface area is 188 Å². The number of rotatable bonds is 6. The van der Waals surface area contributed by atoms with Crippen LogP contribution in [0.2, 0.25) is 0 Å². The first-order valence-electron chi connectivity index (χ1n) is 8.83. The molecule has 10 heteroatoms. The van der Waals surface area contributed by atoms with Gasteiger partial charge in [0, 0.05) is 11.0 Å². The minimum absolute atomic E-state index is 0.0552. The van der Waals surface area contributed by atoms with E-state index in [9.17, 15) is 13.2 Å². The van der Waals surface area contributed by atoms with Crippen LogP contribution in [-0.4, -0.2) is 45.2 Å². The molecule has 1 aliphatic heterocycles. The summed E-state index contributed by atoms with van der Waals surface area (Å²) in [5, 5.41) is 0.122. The van der Waals surface area contributed by atoms with Crippen molar-refractivity contribution in [2.75, 3.05) is 20.8 Å². The Morgan fingerprint density at radius 1 is 1.10 bits per heavy atom. The number of carbonyl (C=O) groups excluding carboxylic acids is 1. The Balaban J connectivity index is 1.96. The van der Waals surface area contributed by atoms with Gasteiger partial charge in [0.1, 0.15) is 0 Å². The van der Waals surface area contributed by atoms with E-state index in [1.807, 2.05) is 0 Å². The molecule has 1 amide bonds. The number of methoxy groups -OCH3 is 2. The van der Waals surface area contributed by atoms with Crippen LogP contribution >= 0.6 is 27.7 Å². The van der Waals surface area contributed by atoms with Crippen molar-refractivity contribution >= 4 is 54.9 Å². The molecule has 0 spiro atoms. The van der Waals surface area contributed by atoms with Gasteiger partial charge in [-0.2, -0.15) is 8.42 Å². The molecule has 30 heavy (non-hydrogen) atoms. The molecule has 2 aromatic rings. The Bertz CT molecular complexity index is 1130. The predicted molar refractivity (Wildman–Crippen MR) is 121 cm³/mol. The summed E-state index contributed by atoms with van der Waals surface area (Å²) in [5.74, 6) is 0.798. The number of nitrogens with zero attached hydrogens (tertiary/aromatic N) is 2. The van der Waals surface area contributed by atoms with Crippen molar-refractivity contribution in [1.82, 2.24) is 4.90 Å². The van der Waals surface area contributed by atoms with Crippen molar-refractivity contribution in [3.63, 3.8) is 0 Å². The smallest absolute Gasteiger partial charge is 0.284 e. The summed E-state index contributed by atoms with van der Waals surface area (Å²) in [6.07, 6.45) is 1.67. The zero-order valence-corrected chi connectivity index (χ0v) is 19.7. The molecule has 7 nitrogen and oxygen atoms in total. The molecule has 3 rings (SSSR count). The maximum Gasteiger partial charge on any atom is 0.284 e. The lowest BCUT2D eigenvalue weighted by molar-refractivity contribution is -0.122. The molecule has 0 N–H and O–H groups in total. The number of amides is 1. The van der Waals surface area contributed by atoms with E-state index in [2.05, 4.69) is 20.3 Å². The Morgan fingerprint density at radius 3 is 2.37 bits per heavy atom. The van der Waals surface area contributed by atoms with Gasteiger partial charge in [-0.15, -0.1) is 4.40 Å². The number of ether oxygens (including phenoxy) is 2. The number of carbonyl (C=O) groups is 1. The number of hydrogen-bond acceptors (Lipinski definition) is 6. The van der Waals surface area contributed by atoms with Crippen molar-refractivity contribution < 1.29 is 22.7 Å². The van der Waals surface area contributed by atoms with Gasteiger partial charge in [0.15, 0.2) is 16.7 Å². The fourth-order valence-electron chi connectivity index (χ4n) is 2.71. The fraction of sp³-hybridized carbons (Fsp3) is 0.200. The number of hydrogen-bond donors (Lipinski definition) is 0. The second kappa shape index (κ2) is 9.23. The van der Waals surface area contributed by atoms with E-state index in [-0.39, 0.29) is 16.0 Å². The molecule has 1 fully saturated rings. The number of amidine groups is 1. The maximum absolute atomic E-state index is 12.8. The van der Waals surface area contributed by atoms with Crippen LogP contribution in [0.25, 0.3) is 6.08 Å². The monoisotopic (exact) mass is 510 g/mol. The number of benzene rings is 2. The number of halogens is 1. The Morgan fingerprint density at radius 2 is 1.77 bits per heavy atom. The van der Waals surface area contributed by atoms with E-state index in [0.29, 0.717) is 22.9 Å². The molecule has 2 aromatic carbocycles. The molecule has 0 aliphatic carbocycles. The van der Waals surface area contributed by atoms with Crippen molar-refractivity contribution in [2.45, 2.75) is 11.8 Å². The number of likely N-dealkylation sites (N-methyl/N-ethyl adjacent to an activating group) is 1. The van der Waals surface area contributed by atoms with E-state index in [0.717, 1.165) is 21.8 Å². The molecule has 0 radical (unpaired) electrons. The van der Waals surface area contributed by atoms with E-state index in [1.165, 1.54) is 24.1 Å². The maximum atomic E-state index is 12.8. The van der Waals surface area contributed by atoms with Crippen LogP contribution in [0.5, 0.6) is 11.5 Å². The third kappa shape index (κ3) is 4.71. The highest BCUT2D eigenvalue weighted by molar-refractivity contribution is 9.10. The van der Waals surface area contributed by atoms with Gasteiger partial charge in [0.2, 0.25) is 0 Å². The average molecular weight is 511 g/mol. The Hall–Kier alpha value is -2.30. The average Bonchev–Trinajstić information content (AvgIpc) is 3.01. The SMILES string of the molecule is CCN1C(=O)/C(=C/c2ccc(OC)c(OC)c2)SC1=NS(=O)(=O)c1ccc(Br)cc1. The summed E-state index contributed by atoms with van der Waals surface area (Å²) in [4.78, 5) is 14.6. The quantitative estimate of drug-likeness (QED) is 0.542. The topological polar surface area (TPSA) is 85.3 Å². The summed E-state index contributed by atoms with van der Waals surface area (Å²) in [5.41, 5.74) is 0.719. The molecule has 0 atom stereocenters. The molecule has 158 valence electrons. The fourth-order valence-corrected chi connectivity index (χ4v) is 5.22. The van der Waals surface area contributed by atoms with Gasteiger partial charge in [0.05, 0.1) is 24.0 Å². The standard InChI is InChI=1S/C20H19BrN2O5S2/c1-4-23-19(24)18(12-13-5-10-16(27-2)17(11-13)28-3)29-20(23)22-30(25,26)15-8-6-14(21)7-9-15/h5-12H,4H2,1-3H3/b18-12-,22-20?. The van der Waals surface area contributed by atoms with Crippen molar-refractivity contribution in [3.05, 3.63) is 57.4 Å². The minimum Gasteiger partial charge on any atom is -0.493 e. The number of sulfonamides is 1. The lowest BCUT2D eigenvalue weighted by atomic mass is 10.2. The molecule has 0 bridgehead atoms. The van der Waals surface area contributed by atoms with Crippen LogP contribution < -0.4 is 9.47 Å². The first-order chi connectivity index (χ1) is 14.3. The third-order valence-electron chi connectivity index (χ3n) is 4.22. The van der Waals surface area contributed by atoms with Crippen LogP contribution in [-0.2, 0) is 14.8 Å². The number of thioether (sulfide) groups is 1. The predicted octanol–water partition coefficient (Wildman–Crippen LogP) is 4.15. The lowest BCUT2D eigenvalue weighted by Gasteiger charge is -2.12. The van der Waals surface area contributed by atoms with Gasteiger partial charge >= 0.3 is 0 Å². The summed E-state index contributed by atoms with van der Waals surface area (Å²) in [7, 11) is -0.884. The summed E-state index contributed by atoms with van der Waals surface area (Å²) in [6.45, 7) is 2.06. The zero-order valence-electron chi connectivity index (χ0n) is 16.5. The highest BCUT2D eigenvalue weighted by Crippen LogP contribution is 2.35. The van der Waals surface area contributed by atoms with Crippen LogP contribution in [0.3, 0.4) is 0 Å². The van der Waals surface area contributed by atoms with E-state index in [1.54, 1.807) is 50.4 Å². The van der Waals surface area contributed by atoms with Crippen molar-refractivity contribution in [1.29, 1.82) is 0 Å². The van der Waals surface area contributed by atoms with Crippen LogP contribution in [0.4, 0.5) is 0 Å².